The van der Waals surface area contributed by atoms with Crippen LogP contribution in [0.2, 0.25) is 0 Å². The van der Waals surface area contributed by atoms with E-state index >= 15 is 0 Å². The van der Waals surface area contributed by atoms with Gasteiger partial charge in [0.05, 0.1) is 7.11 Å². The van der Waals surface area contributed by atoms with E-state index in [9.17, 15) is 9.59 Å². The number of unbranched alkanes of at least 4 members (excludes halogenated alkanes) is 3. The van der Waals surface area contributed by atoms with Crippen LogP contribution in [0.5, 0.6) is 5.75 Å². The van der Waals surface area contributed by atoms with Crippen LogP contribution in [0.15, 0.2) is 27.4 Å². The van der Waals surface area contributed by atoms with E-state index in [0.29, 0.717) is 11.3 Å². The molecule has 0 amide bonds. The molecule has 1 aromatic carbocycles. The Balaban J connectivity index is 2.26. The van der Waals surface area contributed by atoms with Crippen LogP contribution in [0.1, 0.15) is 50.7 Å². The smallest absolute Gasteiger partial charge is 0.346 e. The third-order valence-corrected chi connectivity index (χ3v) is 4.39. The van der Waals surface area contributed by atoms with Crippen molar-refractivity contribution in [2.24, 2.45) is 0 Å². The second-order valence-corrected chi connectivity index (χ2v) is 6.24. The van der Waals surface area contributed by atoms with Gasteiger partial charge in [-0.1, -0.05) is 26.2 Å². The van der Waals surface area contributed by atoms with Gasteiger partial charge in [0, 0.05) is 17.0 Å². The van der Waals surface area contributed by atoms with E-state index < -0.39 is 12.1 Å². The van der Waals surface area contributed by atoms with Crippen LogP contribution in [-0.4, -0.2) is 19.2 Å². The van der Waals surface area contributed by atoms with Gasteiger partial charge < -0.3 is 13.9 Å². The minimum Gasteiger partial charge on any atom is -0.479 e. The second kappa shape index (κ2) is 8.70. The average Bonchev–Trinajstić information content (AvgIpc) is 2.59. The highest BCUT2D eigenvalue weighted by Gasteiger charge is 2.16. The zero-order chi connectivity index (χ0) is 18.4. The van der Waals surface area contributed by atoms with Crippen molar-refractivity contribution in [2.75, 3.05) is 7.11 Å². The van der Waals surface area contributed by atoms with Crippen molar-refractivity contribution in [1.82, 2.24) is 0 Å². The molecule has 0 radical (unpaired) electrons. The molecule has 0 fully saturated rings. The zero-order valence-electron chi connectivity index (χ0n) is 15.4. The van der Waals surface area contributed by atoms with Gasteiger partial charge in [0.1, 0.15) is 11.3 Å². The lowest BCUT2D eigenvalue weighted by atomic mass is 10.0. The summed E-state index contributed by atoms with van der Waals surface area (Å²) in [5, 5.41) is 0.892. The molecule has 5 nitrogen and oxygen atoms in total. The van der Waals surface area contributed by atoms with E-state index in [0.717, 1.165) is 42.2 Å². The topological polar surface area (TPSA) is 65.7 Å². The zero-order valence-corrected chi connectivity index (χ0v) is 15.4. The summed E-state index contributed by atoms with van der Waals surface area (Å²) in [7, 11) is 1.31. The lowest BCUT2D eigenvalue weighted by molar-refractivity contribution is -0.147. The molecule has 2 aromatic rings. The fraction of sp³-hybridized carbons (Fsp3) is 0.500. The largest absolute Gasteiger partial charge is 0.479 e. The standard InChI is InChI=1S/C20H26O5/c1-5-6-7-8-9-17-13(2)16-11-10-15(12-18(16)25-20(17)22)24-14(3)19(21)23-4/h10-12,14H,5-9H2,1-4H3/t14-/m0/s1. The van der Waals surface area contributed by atoms with Crippen LogP contribution in [-0.2, 0) is 16.0 Å². The molecule has 0 bridgehead atoms. The first-order chi connectivity index (χ1) is 12.0. The molecule has 0 aliphatic rings. The molecule has 0 N–H and O–H groups in total. The number of benzene rings is 1. The highest BCUT2D eigenvalue weighted by molar-refractivity contribution is 5.82. The van der Waals surface area contributed by atoms with Crippen LogP contribution in [0, 0.1) is 6.92 Å². The number of rotatable bonds is 8. The first kappa shape index (κ1) is 19.0. The molecule has 1 atom stereocenters. The first-order valence-corrected chi connectivity index (χ1v) is 8.78. The summed E-state index contributed by atoms with van der Waals surface area (Å²) in [4.78, 5) is 23.8. The molecule has 5 heteroatoms. The minimum absolute atomic E-state index is 0.292. The maximum absolute atomic E-state index is 12.3. The van der Waals surface area contributed by atoms with Crippen molar-refractivity contribution < 1.29 is 18.7 Å². The molecule has 0 unspecified atom stereocenters. The van der Waals surface area contributed by atoms with E-state index in [2.05, 4.69) is 11.7 Å². The summed E-state index contributed by atoms with van der Waals surface area (Å²) in [6.07, 6.45) is 4.46. The molecule has 136 valence electrons. The predicted molar refractivity (Wildman–Crippen MR) is 97.2 cm³/mol. The third kappa shape index (κ3) is 4.62. The lowest BCUT2D eigenvalue weighted by Gasteiger charge is -2.13. The van der Waals surface area contributed by atoms with Gasteiger partial charge >= 0.3 is 11.6 Å². The van der Waals surface area contributed by atoms with Gasteiger partial charge in [0.2, 0.25) is 0 Å². The molecule has 0 spiro atoms. The van der Waals surface area contributed by atoms with Crippen molar-refractivity contribution >= 4 is 16.9 Å². The highest BCUT2D eigenvalue weighted by atomic mass is 16.6. The summed E-state index contributed by atoms with van der Waals surface area (Å²) in [6.45, 7) is 5.72. The Hall–Kier alpha value is -2.30. The number of esters is 1. The van der Waals surface area contributed by atoms with Crippen molar-refractivity contribution in [2.45, 2.75) is 59.0 Å². The minimum atomic E-state index is -0.729. The fourth-order valence-electron chi connectivity index (χ4n) is 2.88. The Bertz CT molecular complexity index is 791. The van der Waals surface area contributed by atoms with E-state index in [1.165, 1.54) is 13.5 Å². The Morgan fingerprint density at radius 3 is 2.68 bits per heavy atom. The number of hydrogen-bond donors (Lipinski definition) is 0. The molecule has 0 aliphatic heterocycles. The summed E-state index contributed by atoms with van der Waals surface area (Å²) in [5.41, 5.74) is 1.88. The first-order valence-electron chi connectivity index (χ1n) is 8.78. The summed E-state index contributed by atoms with van der Waals surface area (Å²) in [5.74, 6) is 0.00352. The number of fused-ring (bicyclic) bond motifs is 1. The van der Waals surface area contributed by atoms with E-state index in [-0.39, 0.29) is 5.63 Å². The van der Waals surface area contributed by atoms with Crippen molar-refractivity contribution in [3.63, 3.8) is 0 Å². The summed E-state index contributed by atoms with van der Waals surface area (Å²) >= 11 is 0. The second-order valence-electron chi connectivity index (χ2n) is 6.24. The average molecular weight is 346 g/mol. The summed E-state index contributed by atoms with van der Waals surface area (Å²) < 4.78 is 15.7. The van der Waals surface area contributed by atoms with Gasteiger partial charge in [-0.25, -0.2) is 9.59 Å². The van der Waals surface area contributed by atoms with Crippen LogP contribution in [0.3, 0.4) is 0 Å². The highest BCUT2D eigenvalue weighted by Crippen LogP contribution is 2.25. The maximum Gasteiger partial charge on any atom is 0.346 e. The summed E-state index contributed by atoms with van der Waals surface area (Å²) in [6, 6.07) is 5.28. The number of methoxy groups -OCH3 is 1. The van der Waals surface area contributed by atoms with Crippen LogP contribution >= 0.6 is 0 Å². The van der Waals surface area contributed by atoms with Crippen molar-refractivity contribution in [3.05, 3.63) is 39.7 Å². The molecule has 0 saturated heterocycles. The van der Waals surface area contributed by atoms with Crippen LogP contribution < -0.4 is 10.4 Å². The molecular formula is C20H26O5. The third-order valence-electron chi connectivity index (χ3n) is 4.39. The number of carbonyl (C=O) groups excluding carboxylic acids is 1. The van der Waals surface area contributed by atoms with Gasteiger partial charge in [0.15, 0.2) is 6.10 Å². The number of aryl methyl sites for hydroxylation is 1. The van der Waals surface area contributed by atoms with Crippen molar-refractivity contribution in [3.8, 4) is 5.75 Å². The number of hydrogen-bond acceptors (Lipinski definition) is 5. The molecule has 1 aromatic heterocycles. The monoisotopic (exact) mass is 346 g/mol. The van der Waals surface area contributed by atoms with Crippen molar-refractivity contribution in [1.29, 1.82) is 0 Å². The molecule has 2 rings (SSSR count). The van der Waals surface area contributed by atoms with E-state index in [4.69, 9.17) is 9.15 Å². The van der Waals surface area contributed by atoms with Gasteiger partial charge in [-0.3, -0.25) is 0 Å². The van der Waals surface area contributed by atoms with Crippen LogP contribution in [0.25, 0.3) is 11.0 Å². The number of ether oxygens (including phenoxy) is 2. The Labute approximate surface area is 147 Å². The van der Waals surface area contributed by atoms with E-state index in [1.54, 1.807) is 19.1 Å². The lowest BCUT2D eigenvalue weighted by Crippen LogP contribution is -2.24. The van der Waals surface area contributed by atoms with Gasteiger partial charge in [0.25, 0.3) is 0 Å². The normalized spacial score (nSPS) is 12.2. The van der Waals surface area contributed by atoms with E-state index in [1.807, 2.05) is 13.0 Å². The van der Waals surface area contributed by atoms with Crippen LogP contribution in [0.4, 0.5) is 0 Å². The predicted octanol–water partition coefficient (Wildman–Crippen LogP) is 4.16. The SMILES string of the molecule is CCCCCCc1c(C)c2ccc(O[C@@H](C)C(=O)OC)cc2oc1=O. The maximum atomic E-state index is 12.3. The fourth-order valence-corrected chi connectivity index (χ4v) is 2.88. The Kier molecular flexibility index (Phi) is 6.62. The molecule has 25 heavy (non-hydrogen) atoms. The molecule has 0 saturated carbocycles. The Morgan fingerprint density at radius 2 is 2.00 bits per heavy atom. The molecular weight excluding hydrogens is 320 g/mol. The molecule has 1 heterocycles. The van der Waals surface area contributed by atoms with Gasteiger partial charge in [-0.15, -0.1) is 0 Å². The van der Waals surface area contributed by atoms with Gasteiger partial charge in [-0.2, -0.15) is 0 Å². The number of carbonyl (C=O) groups is 1. The quantitative estimate of drug-likeness (QED) is 0.408. The van der Waals surface area contributed by atoms with Gasteiger partial charge in [-0.05, 0) is 44.4 Å². The molecule has 0 aliphatic carbocycles. The Morgan fingerprint density at radius 1 is 1.24 bits per heavy atom.